The van der Waals surface area contributed by atoms with E-state index in [2.05, 4.69) is 76.1 Å². The number of nitrogens with one attached hydrogen (secondary N) is 2. The summed E-state index contributed by atoms with van der Waals surface area (Å²) in [4.78, 5) is 13.4. The third-order valence-electron chi connectivity index (χ3n) is 10.8. The van der Waals surface area contributed by atoms with Crippen molar-refractivity contribution in [2.24, 2.45) is 0 Å². The number of nitrogens with zero attached hydrogens (tertiary/aromatic N) is 2. The Morgan fingerprint density at radius 1 is 0.500 bits per heavy atom. The molecule has 4 rings (SSSR count). The Balaban J connectivity index is 0.00000337. The van der Waals surface area contributed by atoms with Gasteiger partial charge in [0.2, 0.25) is 0 Å². The van der Waals surface area contributed by atoms with Crippen molar-refractivity contribution in [1.82, 2.24) is 20.8 Å². The molecule has 0 aromatic heterocycles. The van der Waals surface area contributed by atoms with E-state index in [-0.39, 0.29) is 25.0 Å². The van der Waals surface area contributed by atoms with Crippen molar-refractivity contribution >= 4 is 0 Å². The maximum absolute atomic E-state index is 6.69. The number of hydrogen-bond donors (Lipinski definition) is 2. The molecule has 0 aromatic rings. The molecule has 0 atom stereocenters. The van der Waals surface area contributed by atoms with Crippen molar-refractivity contribution in [3.63, 3.8) is 0 Å². The lowest BCUT2D eigenvalue weighted by atomic mass is 9.78. The summed E-state index contributed by atoms with van der Waals surface area (Å²) in [5.74, 6) is 0. The summed E-state index contributed by atoms with van der Waals surface area (Å²) < 4.78 is 0. The van der Waals surface area contributed by atoms with Gasteiger partial charge in [-0.05, 0) is 133 Å². The molecule has 2 saturated carbocycles. The second-order valence-corrected chi connectivity index (χ2v) is 17.1. The van der Waals surface area contributed by atoms with Crippen LogP contribution < -0.4 is 10.6 Å². The lowest BCUT2D eigenvalue weighted by Gasteiger charge is -2.55. The summed E-state index contributed by atoms with van der Waals surface area (Å²) in [7, 11) is 0. The number of rotatable bonds is 13. The van der Waals surface area contributed by atoms with Crippen LogP contribution in [0.5, 0.6) is 0 Å². The molecule has 0 amide bonds. The number of hydroxylamine groups is 4. The molecule has 250 valence electrons. The molecule has 4 aliphatic rings. The van der Waals surface area contributed by atoms with Crippen molar-refractivity contribution < 1.29 is 12.5 Å². The monoisotopic (exact) mass is 595 g/mol. The molecule has 2 saturated heterocycles. The molecule has 2 aliphatic heterocycles. The van der Waals surface area contributed by atoms with E-state index in [0.717, 1.165) is 38.8 Å². The molecule has 2 N–H and O–H groups in total. The predicted octanol–water partition coefficient (Wildman–Crippen LogP) is 8.79. The molecule has 2 heterocycles. The zero-order valence-electron chi connectivity index (χ0n) is 29.2. The van der Waals surface area contributed by atoms with Crippen LogP contribution in [-0.2, 0) is 9.68 Å². The highest BCUT2D eigenvalue weighted by Crippen LogP contribution is 2.41. The van der Waals surface area contributed by atoms with Gasteiger partial charge < -0.3 is 10.6 Å². The Morgan fingerprint density at radius 2 is 0.810 bits per heavy atom. The fourth-order valence-electron chi connectivity index (χ4n) is 9.24. The van der Waals surface area contributed by atoms with Gasteiger partial charge in [0.05, 0.1) is 12.2 Å². The van der Waals surface area contributed by atoms with Crippen LogP contribution in [0.2, 0.25) is 0 Å². The van der Waals surface area contributed by atoms with E-state index < -0.39 is 0 Å². The molecule has 6 heteroatoms. The first-order valence-corrected chi connectivity index (χ1v) is 18.2. The first-order chi connectivity index (χ1) is 19.8. The average Bonchev–Trinajstić information content (AvgIpc) is 2.90. The van der Waals surface area contributed by atoms with Gasteiger partial charge in [0, 0.05) is 37.1 Å². The molecule has 0 aromatic carbocycles. The van der Waals surface area contributed by atoms with Crippen LogP contribution in [0.25, 0.3) is 0 Å². The molecule has 0 unspecified atom stereocenters. The van der Waals surface area contributed by atoms with Gasteiger partial charge in [-0.2, -0.15) is 10.1 Å². The Hall–Kier alpha value is -0.240. The fourth-order valence-corrected chi connectivity index (χ4v) is 9.24. The van der Waals surface area contributed by atoms with Crippen LogP contribution in [0.4, 0.5) is 0 Å². The molecular formula is C36H74N4O2. The van der Waals surface area contributed by atoms with Gasteiger partial charge >= 0.3 is 0 Å². The maximum atomic E-state index is 6.69. The summed E-state index contributed by atoms with van der Waals surface area (Å²) in [6.45, 7) is 21.3. The lowest BCUT2D eigenvalue weighted by Crippen LogP contribution is -2.64. The molecule has 6 nitrogen and oxygen atoms in total. The van der Waals surface area contributed by atoms with Crippen molar-refractivity contribution in [1.29, 1.82) is 0 Å². The van der Waals surface area contributed by atoms with E-state index >= 15 is 0 Å². The molecule has 0 bridgehead atoms. The number of hydrogen-bond acceptors (Lipinski definition) is 6. The maximum Gasteiger partial charge on any atom is 0.0793 e. The molecular weight excluding hydrogens is 520 g/mol. The van der Waals surface area contributed by atoms with Crippen molar-refractivity contribution in [3.05, 3.63) is 0 Å². The lowest BCUT2D eigenvalue weighted by molar-refractivity contribution is -0.310. The largest absolute Gasteiger partial charge is 0.314 e. The predicted molar refractivity (Wildman–Crippen MR) is 181 cm³/mol. The fraction of sp³-hybridized carbons (Fsp3) is 1.00. The van der Waals surface area contributed by atoms with Gasteiger partial charge in [-0.15, -0.1) is 0 Å². The van der Waals surface area contributed by atoms with Crippen LogP contribution in [0.1, 0.15) is 174 Å². The Kier molecular flexibility index (Phi) is 12.3. The minimum Gasteiger partial charge on any atom is -0.314 e. The summed E-state index contributed by atoms with van der Waals surface area (Å²) in [5.41, 5.74) is 0.237. The summed E-state index contributed by atoms with van der Waals surface area (Å²) in [5, 5.41) is 12.6. The SMILES string of the molecule is CC1(C)CC(NCCCCCCNC2CC(C)(C)N(OC3CCCCC3)C(C)(C)C2)CC(C)(C)N1OC1CCCCC1.[HH].[HH]. The van der Waals surface area contributed by atoms with Crippen molar-refractivity contribution in [2.45, 2.75) is 217 Å². The highest BCUT2D eigenvalue weighted by Gasteiger charge is 2.48. The van der Waals surface area contributed by atoms with E-state index in [4.69, 9.17) is 9.68 Å². The van der Waals surface area contributed by atoms with Gasteiger partial charge in [-0.1, -0.05) is 51.4 Å². The Bertz CT molecular complexity index is 710. The second kappa shape index (κ2) is 14.9. The first-order valence-electron chi connectivity index (χ1n) is 18.2. The first kappa shape index (κ1) is 34.6. The Morgan fingerprint density at radius 3 is 1.12 bits per heavy atom. The standard InChI is InChI=1S/C36H70N4O2.2H2/c1-33(2)25-29(26-34(3,4)39(33)41-31-19-13-11-14-20-31)37-23-17-9-10-18-24-38-30-27-35(5,6)40(36(7,8)28-30)42-32-21-15-12-16-22-32;;/h29-32,37-38H,9-28H2,1-8H3;2*1H. The van der Waals surface area contributed by atoms with Crippen LogP contribution in [0.15, 0.2) is 0 Å². The van der Waals surface area contributed by atoms with E-state index in [9.17, 15) is 0 Å². The van der Waals surface area contributed by atoms with Crippen molar-refractivity contribution in [2.75, 3.05) is 13.1 Å². The second-order valence-electron chi connectivity index (χ2n) is 17.1. The number of unbranched alkanes of at least 4 members (excludes halogenated alkanes) is 3. The van der Waals surface area contributed by atoms with E-state index in [1.54, 1.807) is 0 Å². The quantitative estimate of drug-likeness (QED) is 0.208. The average molecular weight is 595 g/mol. The normalized spacial score (nSPS) is 28.3. The third-order valence-corrected chi connectivity index (χ3v) is 10.8. The molecule has 0 spiro atoms. The summed E-state index contributed by atoms with van der Waals surface area (Å²) in [6.07, 6.45) is 23.6. The number of piperidine rings is 2. The van der Waals surface area contributed by atoms with E-state index in [0.29, 0.717) is 24.3 Å². The molecule has 42 heavy (non-hydrogen) atoms. The zero-order valence-corrected chi connectivity index (χ0v) is 29.2. The zero-order chi connectivity index (χ0) is 30.4. The van der Waals surface area contributed by atoms with Gasteiger partial charge in [0.15, 0.2) is 0 Å². The highest BCUT2D eigenvalue weighted by molar-refractivity contribution is 5.00. The van der Waals surface area contributed by atoms with Crippen LogP contribution >= 0.6 is 0 Å². The van der Waals surface area contributed by atoms with Gasteiger partial charge in [0.1, 0.15) is 0 Å². The Labute approximate surface area is 263 Å². The summed E-state index contributed by atoms with van der Waals surface area (Å²) in [6, 6.07) is 1.14. The highest BCUT2D eigenvalue weighted by atomic mass is 16.7. The van der Waals surface area contributed by atoms with Gasteiger partial charge in [0.25, 0.3) is 0 Å². The van der Waals surface area contributed by atoms with Gasteiger partial charge in [-0.3, -0.25) is 9.68 Å². The van der Waals surface area contributed by atoms with E-state index in [1.807, 2.05) is 0 Å². The van der Waals surface area contributed by atoms with Gasteiger partial charge in [-0.25, -0.2) is 0 Å². The van der Waals surface area contributed by atoms with Crippen molar-refractivity contribution in [3.8, 4) is 0 Å². The topological polar surface area (TPSA) is 49.0 Å². The molecule has 4 fully saturated rings. The third kappa shape index (κ3) is 9.63. The molecule has 2 aliphatic carbocycles. The minimum absolute atomic E-state index is 0. The molecule has 0 radical (unpaired) electrons. The minimum atomic E-state index is 0. The van der Waals surface area contributed by atoms with E-state index in [1.165, 1.54) is 89.9 Å². The van der Waals surface area contributed by atoms with Crippen LogP contribution in [-0.4, -0.2) is 69.7 Å². The summed E-state index contributed by atoms with van der Waals surface area (Å²) >= 11 is 0. The van der Waals surface area contributed by atoms with Crippen LogP contribution in [0, 0.1) is 0 Å². The smallest absolute Gasteiger partial charge is 0.0793 e. The van der Waals surface area contributed by atoms with Crippen LogP contribution in [0.3, 0.4) is 0 Å².